The molecule has 0 aliphatic rings. The maximum absolute atomic E-state index is 12.1. The van der Waals surface area contributed by atoms with Crippen molar-refractivity contribution in [2.24, 2.45) is 0 Å². The molecule has 3 unspecified atom stereocenters. The van der Waals surface area contributed by atoms with Gasteiger partial charge in [0.15, 0.2) is 18.1 Å². The first-order valence-corrected chi connectivity index (χ1v) is 11.9. The molecule has 0 amide bonds. The number of rotatable bonds is 19. The van der Waals surface area contributed by atoms with Crippen LogP contribution < -0.4 is 0 Å². The summed E-state index contributed by atoms with van der Waals surface area (Å²) < 4.78 is -0.413. The van der Waals surface area contributed by atoms with E-state index in [2.05, 4.69) is 19.1 Å². The molecule has 7 heteroatoms. The minimum atomic E-state index is -1.12. The fraction of sp³-hybridized carbons (Fsp3) is 0.792. The summed E-state index contributed by atoms with van der Waals surface area (Å²) in [5.74, 6) is -3.37. The van der Waals surface area contributed by atoms with Gasteiger partial charge in [-0.1, -0.05) is 59.1 Å². The van der Waals surface area contributed by atoms with Gasteiger partial charge in [-0.3, -0.25) is 4.48 Å². The number of carboxylic acid groups (broad SMARTS) is 3. The van der Waals surface area contributed by atoms with E-state index in [4.69, 9.17) is 0 Å². The van der Waals surface area contributed by atoms with E-state index in [1.807, 2.05) is 0 Å². The van der Waals surface area contributed by atoms with Crippen molar-refractivity contribution in [3.05, 3.63) is 12.2 Å². The van der Waals surface area contributed by atoms with Gasteiger partial charge < -0.3 is 15.3 Å². The van der Waals surface area contributed by atoms with Crippen molar-refractivity contribution in [3.8, 4) is 0 Å². The zero-order valence-corrected chi connectivity index (χ0v) is 19.9. The van der Waals surface area contributed by atoms with E-state index in [1.54, 1.807) is 20.8 Å². The predicted molar refractivity (Wildman–Crippen MR) is 122 cm³/mol. The van der Waals surface area contributed by atoms with Gasteiger partial charge in [-0.2, -0.15) is 0 Å². The van der Waals surface area contributed by atoms with Gasteiger partial charge >= 0.3 is 17.9 Å². The Hall–Kier alpha value is -1.89. The monoisotopic (exact) mass is 442 g/mol. The highest BCUT2D eigenvalue weighted by molar-refractivity contribution is 5.78. The molecule has 0 aromatic carbocycles. The molecular formula is C24H44NO6+. The largest absolute Gasteiger partial charge is 0.477 e. The lowest BCUT2D eigenvalue weighted by Gasteiger charge is -2.49. The van der Waals surface area contributed by atoms with Crippen LogP contribution in [0.5, 0.6) is 0 Å². The molecule has 0 heterocycles. The first-order chi connectivity index (χ1) is 14.7. The molecule has 31 heavy (non-hydrogen) atoms. The normalized spacial score (nSPS) is 16.5. The molecule has 0 fully saturated rings. The fourth-order valence-electron chi connectivity index (χ4n) is 4.86. The molecule has 180 valence electrons. The second-order valence-corrected chi connectivity index (χ2v) is 8.32. The number of hydrogen-bond acceptors (Lipinski definition) is 3. The molecule has 0 aliphatic heterocycles. The molecule has 0 spiro atoms. The summed E-state index contributed by atoms with van der Waals surface area (Å²) in [6.45, 7) is 7.48. The summed E-state index contributed by atoms with van der Waals surface area (Å²) in [6.07, 6.45) is 12.8. The van der Waals surface area contributed by atoms with Gasteiger partial charge in [-0.15, -0.1) is 0 Å². The van der Waals surface area contributed by atoms with Gasteiger partial charge in [0.2, 0.25) is 0 Å². The number of allylic oxidation sites excluding steroid dienone is 2. The maximum Gasteiger partial charge on any atom is 0.362 e. The quantitative estimate of drug-likeness (QED) is 0.146. The van der Waals surface area contributed by atoms with Crippen molar-refractivity contribution in [1.29, 1.82) is 0 Å². The van der Waals surface area contributed by atoms with Crippen LogP contribution >= 0.6 is 0 Å². The number of unbranched alkanes of at least 4 members (excludes halogenated alkanes) is 6. The standard InChI is InChI=1S/C24H43NO6/c1-5-9-10-11-12-13-14-15-16-17-18-25(19(6-2)22(26)27,20(7-3)23(28)29)21(8-4)24(30)31/h10-11,19-21H,5-9,12-18H2,1-4H3,(H2-,26,27,28,29,30,31)/p+1/b11-10+. The minimum Gasteiger partial charge on any atom is -0.477 e. The Balaban J connectivity index is 5.49. The summed E-state index contributed by atoms with van der Waals surface area (Å²) in [7, 11) is 0. The highest BCUT2D eigenvalue weighted by Crippen LogP contribution is 2.32. The van der Waals surface area contributed by atoms with Crippen molar-refractivity contribution in [3.63, 3.8) is 0 Å². The third-order valence-electron chi connectivity index (χ3n) is 6.29. The Kier molecular flexibility index (Phi) is 14.9. The number of carbonyl (C=O) groups is 3. The van der Waals surface area contributed by atoms with Crippen LogP contribution in [0.2, 0.25) is 0 Å². The first kappa shape index (κ1) is 29.1. The maximum atomic E-state index is 12.1. The van der Waals surface area contributed by atoms with Crippen LogP contribution in [0.1, 0.15) is 98.3 Å². The van der Waals surface area contributed by atoms with Crippen LogP contribution in [0.25, 0.3) is 0 Å². The van der Waals surface area contributed by atoms with E-state index in [9.17, 15) is 29.7 Å². The van der Waals surface area contributed by atoms with Gasteiger partial charge in [0.05, 0.1) is 6.54 Å². The molecule has 0 bridgehead atoms. The molecule has 3 atom stereocenters. The molecule has 7 nitrogen and oxygen atoms in total. The SMILES string of the molecule is CCC/C=C/CCCCCCC[N+](C(CC)C(=O)O)(C(CC)C(=O)O)C(CC)C(=O)O. The van der Waals surface area contributed by atoms with Crippen LogP contribution in [0, 0.1) is 0 Å². The molecule has 0 aromatic rings. The Morgan fingerprint density at radius 3 is 1.42 bits per heavy atom. The zero-order valence-electron chi connectivity index (χ0n) is 19.9. The highest BCUT2D eigenvalue weighted by Gasteiger charge is 2.55. The van der Waals surface area contributed by atoms with E-state index in [0.717, 1.165) is 44.9 Å². The third kappa shape index (κ3) is 8.63. The van der Waals surface area contributed by atoms with E-state index >= 15 is 0 Å². The molecular weight excluding hydrogens is 398 g/mol. The number of nitrogens with zero attached hydrogens (tertiary/aromatic N) is 1. The lowest BCUT2D eigenvalue weighted by Crippen LogP contribution is -2.72. The second kappa shape index (κ2) is 15.8. The second-order valence-electron chi connectivity index (χ2n) is 8.32. The fourth-order valence-corrected chi connectivity index (χ4v) is 4.86. The van der Waals surface area contributed by atoms with E-state index in [0.29, 0.717) is 6.42 Å². The summed E-state index contributed by atoms with van der Waals surface area (Å²) >= 11 is 0. The molecule has 0 saturated carbocycles. The summed E-state index contributed by atoms with van der Waals surface area (Å²) in [6, 6.07) is -3.19. The van der Waals surface area contributed by atoms with Gasteiger partial charge in [0.25, 0.3) is 0 Å². The number of quaternary nitrogens is 1. The number of hydrogen-bond donors (Lipinski definition) is 3. The first-order valence-electron chi connectivity index (χ1n) is 11.9. The van der Waals surface area contributed by atoms with Gasteiger partial charge in [-0.05, 0) is 32.1 Å². The lowest BCUT2D eigenvalue weighted by molar-refractivity contribution is -0.973. The van der Waals surface area contributed by atoms with E-state index < -0.39 is 40.5 Å². The van der Waals surface area contributed by atoms with Crippen molar-refractivity contribution in [1.82, 2.24) is 0 Å². The molecule has 0 rings (SSSR count). The van der Waals surface area contributed by atoms with Gasteiger partial charge in [-0.25, -0.2) is 14.4 Å². The molecule has 3 N–H and O–H groups in total. The average Bonchev–Trinajstić information content (AvgIpc) is 2.69. The predicted octanol–water partition coefficient (Wildman–Crippen LogP) is 5.09. The highest BCUT2D eigenvalue weighted by atomic mass is 16.4. The van der Waals surface area contributed by atoms with Crippen LogP contribution in [-0.2, 0) is 14.4 Å². The Labute approximate surface area is 187 Å². The van der Waals surface area contributed by atoms with Gasteiger partial charge in [0, 0.05) is 19.3 Å². The Morgan fingerprint density at radius 1 is 0.645 bits per heavy atom. The van der Waals surface area contributed by atoms with Gasteiger partial charge in [0.1, 0.15) is 0 Å². The minimum absolute atomic E-state index is 0.187. The van der Waals surface area contributed by atoms with Crippen LogP contribution in [0.4, 0.5) is 0 Å². The molecule has 0 aromatic heterocycles. The van der Waals surface area contributed by atoms with Crippen molar-refractivity contribution >= 4 is 17.9 Å². The van der Waals surface area contributed by atoms with Crippen LogP contribution in [0.3, 0.4) is 0 Å². The summed E-state index contributed by atoms with van der Waals surface area (Å²) in [5, 5.41) is 29.7. The average molecular weight is 443 g/mol. The summed E-state index contributed by atoms with van der Waals surface area (Å²) in [4.78, 5) is 36.4. The van der Waals surface area contributed by atoms with Crippen LogP contribution in [0.15, 0.2) is 12.2 Å². The summed E-state index contributed by atoms with van der Waals surface area (Å²) in [5.41, 5.74) is 0. The smallest absolute Gasteiger partial charge is 0.362 e. The topological polar surface area (TPSA) is 112 Å². The Morgan fingerprint density at radius 2 is 1.03 bits per heavy atom. The molecule has 0 aliphatic carbocycles. The van der Waals surface area contributed by atoms with Crippen molar-refractivity contribution < 1.29 is 34.2 Å². The number of carboxylic acids is 3. The lowest BCUT2D eigenvalue weighted by atomic mass is 9.94. The Bertz CT molecular complexity index is 519. The van der Waals surface area contributed by atoms with E-state index in [1.165, 1.54) is 0 Å². The zero-order chi connectivity index (χ0) is 23.9. The van der Waals surface area contributed by atoms with Crippen LogP contribution in [-0.4, -0.2) is 62.4 Å². The molecule has 0 radical (unpaired) electrons. The third-order valence-corrected chi connectivity index (χ3v) is 6.29. The number of aliphatic carboxylic acids is 3. The van der Waals surface area contributed by atoms with E-state index in [-0.39, 0.29) is 25.8 Å². The van der Waals surface area contributed by atoms with Crippen molar-refractivity contribution in [2.75, 3.05) is 6.54 Å². The molecule has 0 saturated heterocycles. The van der Waals surface area contributed by atoms with Crippen molar-refractivity contribution in [2.45, 2.75) is 116 Å².